The van der Waals surface area contributed by atoms with Crippen LogP contribution in [-0.4, -0.2) is 19.4 Å². The van der Waals surface area contributed by atoms with Gasteiger partial charge in [-0.15, -0.1) is 0 Å². The summed E-state index contributed by atoms with van der Waals surface area (Å²) in [5.41, 5.74) is 4.01. The fourth-order valence-corrected chi connectivity index (χ4v) is 3.11. The molecule has 0 aliphatic carbocycles. The summed E-state index contributed by atoms with van der Waals surface area (Å²) in [4.78, 5) is 13.2. The standard InChI is InChI=1S/C17H13BrClN7/c18-15-10-25-14(11-3-2-6-21-8-11)9-22-17(25)16(24-15)23-12-4-1-5-13(7-12)26(19)20/h1-10H,20H2,(H,23,24). The average Bonchev–Trinajstić information content (AvgIpc) is 3.06. The molecule has 9 heteroatoms. The van der Waals surface area contributed by atoms with Gasteiger partial charge in [-0.05, 0) is 46.3 Å². The first-order chi connectivity index (χ1) is 12.6. The molecule has 0 saturated heterocycles. The number of halogens is 2. The minimum Gasteiger partial charge on any atom is -0.337 e. The number of nitrogens with one attached hydrogen (secondary N) is 1. The van der Waals surface area contributed by atoms with E-state index in [9.17, 15) is 0 Å². The van der Waals surface area contributed by atoms with Crippen LogP contribution in [0, 0.1) is 0 Å². The average molecular weight is 431 g/mol. The van der Waals surface area contributed by atoms with Gasteiger partial charge in [0.1, 0.15) is 4.60 Å². The molecule has 0 unspecified atom stereocenters. The molecule has 0 bridgehead atoms. The van der Waals surface area contributed by atoms with Crippen LogP contribution in [0.25, 0.3) is 16.9 Å². The van der Waals surface area contributed by atoms with E-state index in [1.165, 1.54) is 0 Å². The molecule has 0 aliphatic heterocycles. The van der Waals surface area contributed by atoms with Gasteiger partial charge in [-0.25, -0.2) is 20.3 Å². The number of pyridine rings is 1. The summed E-state index contributed by atoms with van der Waals surface area (Å²) in [6, 6.07) is 11.2. The highest BCUT2D eigenvalue weighted by Gasteiger charge is 2.13. The third kappa shape index (κ3) is 3.22. The lowest BCUT2D eigenvalue weighted by Gasteiger charge is -2.12. The number of nitrogens with zero attached hydrogens (tertiary/aromatic N) is 5. The van der Waals surface area contributed by atoms with Crippen LogP contribution in [0.5, 0.6) is 0 Å². The van der Waals surface area contributed by atoms with Crippen molar-refractivity contribution in [3.63, 3.8) is 0 Å². The molecule has 4 aromatic rings. The van der Waals surface area contributed by atoms with Crippen molar-refractivity contribution >= 4 is 50.5 Å². The number of aromatic nitrogens is 4. The van der Waals surface area contributed by atoms with Gasteiger partial charge >= 0.3 is 0 Å². The molecule has 1 aromatic carbocycles. The lowest BCUT2D eigenvalue weighted by atomic mass is 10.2. The molecule has 0 aliphatic rings. The largest absolute Gasteiger partial charge is 0.337 e. The Morgan fingerprint density at radius 2 is 2.08 bits per heavy atom. The van der Waals surface area contributed by atoms with Gasteiger partial charge in [-0.1, -0.05) is 6.07 Å². The van der Waals surface area contributed by atoms with E-state index >= 15 is 0 Å². The second kappa shape index (κ2) is 6.91. The summed E-state index contributed by atoms with van der Waals surface area (Å²) >= 11 is 9.27. The molecule has 3 N–H and O–H groups in total. The van der Waals surface area contributed by atoms with Gasteiger partial charge in [-0.3, -0.25) is 9.38 Å². The Bertz CT molecular complexity index is 1070. The highest BCUT2D eigenvalue weighted by molar-refractivity contribution is 9.10. The van der Waals surface area contributed by atoms with Crippen LogP contribution in [0.15, 0.2) is 65.8 Å². The quantitative estimate of drug-likeness (QED) is 0.288. The van der Waals surface area contributed by atoms with E-state index in [0.717, 1.165) is 21.5 Å². The zero-order chi connectivity index (χ0) is 18.1. The smallest absolute Gasteiger partial charge is 0.181 e. The number of imidazole rings is 1. The monoisotopic (exact) mass is 429 g/mol. The fraction of sp³-hybridized carbons (Fsp3) is 0. The number of rotatable bonds is 4. The first-order valence-electron chi connectivity index (χ1n) is 7.63. The molecule has 0 fully saturated rings. The fourth-order valence-electron chi connectivity index (χ4n) is 2.62. The zero-order valence-corrected chi connectivity index (χ0v) is 15.7. The van der Waals surface area contributed by atoms with E-state index in [-0.39, 0.29) is 0 Å². The minimum atomic E-state index is 0.602. The van der Waals surface area contributed by atoms with Crippen molar-refractivity contribution in [1.82, 2.24) is 19.4 Å². The molecule has 0 atom stereocenters. The van der Waals surface area contributed by atoms with E-state index in [4.69, 9.17) is 17.6 Å². The Morgan fingerprint density at radius 1 is 1.19 bits per heavy atom. The zero-order valence-electron chi connectivity index (χ0n) is 13.3. The van der Waals surface area contributed by atoms with Gasteiger partial charge in [0.05, 0.1) is 17.6 Å². The van der Waals surface area contributed by atoms with Crippen LogP contribution >= 0.6 is 27.7 Å². The van der Waals surface area contributed by atoms with Crippen molar-refractivity contribution in [2.75, 3.05) is 9.84 Å². The number of hydrogen-bond acceptors (Lipinski definition) is 6. The molecule has 7 nitrogen and oxygen atoms in total. The lowest BCUT2D eigenvalue weighted by Crippen LogP contribution is -2.18. The summed E-state index contributed by atoms with van der Waals surface area (Å²) < 4.78 is 3.66. The number of hydrazine groups is 1. The van der Waals surface area contributed by atoms with Crippen LogP contribution in [-0.2, 0) is 0 Å². The molecule has 26 heavy (non-hydrogen) atoms. The number of hydrogen-bond donors (Lipinski definition) is 2. The molecule has 0 radical (unpaired) electrons. The third-order valence-corrected chi connectivity index (χ3v) is 4.35. The number of nitrogens with two attached hydrogens (primary N) is 1. The molecule has 130 valence electrons. The minimum absolute atomic E-state index is 0.602. The normalized spacial score (nSPS) is 10.9. The molecule has 4 rings (SSSR count). The predicted molar refractivity (Wildman–Crippen MR) is 106 cm³/mol. The van der Waals surface area contributed by atoms with Gasteiger partial charge < -0.3 is 5.32 Å². The number of benzene rings is 1. The maximum atomic E-state index is 5.81. The van der Waals surface area contributed by atoms with Crippen molar-refractivity contribution in [3.05, 3.63) is 65.8 Å². The van der Waals surface area contributed by atoms with E-state index in [0.29, 0.717) is 21.8 Å². The Kier molecular flexibility index (Phi) is 4.46. The van der Waals surface area contributed by atoms with Crippen LogP contribution in [0.2, 0.25) is 0 Å². The molecule has 3 aromatic heterocycles. The maximum Gasteiger partial charge on any atom is 0.181 e. The summed E-state index contributed by atoms with van der Waals surface area (Å²) in [6.45, 7) is 0. The topological polar surface area (TPSA) is 84.4 Å². The maximum absolute atomic E-state index is 5.81. The van der Waals surface area contributed by atoms with Crippen molar-refractivity contribution in [1.29, 1.82) is 0 Å². The van der Waals surface area contributed by atoms with Crippen LogP contribution in [0.4, 0.5) is 17.2 Å². The Morgan fingerprint density at radius 3 is 2.85 bits per heavy atom. The van der Waals surface area contributed by atoms with Gasteiger partial charge in [0.25, 0.3) is 0 Å². The molecule has 0 spiro atoms. The highest BCUT2D eigenvalue weighted by Crippen LogP contribution is 2.28. The van der Waals surface area contributed by atoms with Crippen molar-refractivity contribution in [2.24, 2.45) is 5.84 Å². The Hall–Kier alpha value is -2.68. The van der Waals surface area contributed by atoms with E-state index in [1.54, 1.807) is 24.7 Å². The number of fused-ring (bicyclic) bond motifs is 1. The second-order valence-corrected chi connectivity index (χ2v) is 6.65. The van der Waals surface area contributed by atoms with E-state index in [2.05, 4.69) is 36.2 Å². The summed E-state index contributed by atoms with van der Waals surface area (Å²) in [7, 11) is 0. The second-order valence-electron chi connectivity index (χ2n) is 5.48. The predicted octanol–water partition coefficient (Wildman–Crippen LogP) is 4.13. The van der Waals surface area contributed by atoms with Gasteiger partial charge in [-0.2, -0.15) is 0 Å². The number of anilines is 3. The van der Waals surface area contributed by atoms with Crippen molar-refractivity contribution in [3.8, 4) is 11.3 Å². The molecular weight excluding hydrogens is 418 g/mol. The Balaban J connectivity index is 1.79. The van der Waals surface area contributed by atoms with Gasteiger partial charge in [0, 0.05) is 41.6 Å². The van der Waals surface area contributed by atoms with Gasteiger partial charge in [0.15, 0.2) is 11.5 Å². The van der Waals surface area contributed by atoms with Gasteiger partial charge in [0.2, 0.25) is 0 Å². The SMILES string of the molecule is NN(Cl)c1cccc(Nc2nc(Br)cn3c(-c4cccnc4)cnc23)c1. The summed E-state index contributed by atoms with van der Waals surface area (Å²) in [5, 5.41) is 3.27. The lowest BCUT2D eigenvalue weighted by molar-refractivity contribution is 1.10. The van der Waals surface area contributed by atoms with Crippen LogP contribution < -0.4 is 15.7 Å². The molecule has 0 amide bonds. The Labute approximate surface area is 162 Å². The van der Waals surface area contributed by atoms with Crippen molar-refractivity contribution in [2.45, 2.75) is 0 Å². The van der Waals surface area contributed by atoms with Crippen molar-refractivity contribution < 1.29 is 0 Å². The van der Waals surface area contributed by atoms with E-state index in [1.807, 2.05) is 40.9 Å². The van der Waals surface area contributed by atoms with Crippen LogP contribution in [0.1, 0.15) is 0 Å². The summed E-state index contributed by atoms with van der Waals surface area (Å²) in [6.07, 6.45) is 7.20. The van der Waals surface area contributed by atoms with Crippen LogP contribution in [0.3, 0.4) is 0 Å². The first-order valence-corrected chi connectivity index (χ1v) is 8.76. The third-order valence-electron chi connectivity index (χ3n) is 3.78. The summed E-state index contributed by atoms with van der Waals surface area (Å²) in [5.74, 6) is 6.19. The van der Waals surface area contributed by atoms with E-state index < -0.39 is 0 Å². The highest BCUT2D eigenvalue weighted by atomic mass is 79.9. The molecule has 0 saturated carbocycles. The molecular formula is C17H13BrClN7. The molecule has 3 heterocycles. The first kappa shape index (κ1) is 16.8.